The molecule has 3 aromatic carbocycles. The van der Waals surface area contributed by atoms with E-state index in [-0.39, 0.29) is 41.3 Å². The fourth-order valence-corrected chi connectivity index (χ4v) is 5.53. The smallest absolute Gasteiger partial charge is 0.337 e. The molecule has 0 aliphatic heterocycles. The van der Waals surface area contributed by atoms with E-state index in [0.717, 1.165) is 25.0 Å². The van der Waals surface area contributed by atoms with Gasteiger partial charge in [0.05, 0.1) is 54.2 Å². The van der Waals surface area contributed by atoms with E-state index in [9.17, 15) is 10.1 Å². The minimum absolute atomic E-state index is 0.0197. The molecule has 0 amide bonds. The molecule has 0 radical (unpaired) electrons. The van der Waals surface area contributed by atoms with Gasteiger partial charge in [-0.25, -0.2) is 23.5 Å². The van der Waals surface area contributed by atoms with Crippen molar-refractivity contribution in [3.05, 3.63) is 101 Å². The summed E-state index contributed by atoms with van der Waals surface area (Å²) in [5.41, 5.74) is 2.56. The van der Waals surface area contributed by atoms with Crippen molar-refractivity contribution in [2.75, 3.05) is 14.2 Å². The Balaban J connectivity index is 1.28. The van der Waals surface area contributed by atoms with Crippen LogP contribution in [0.1, 0.15) is 52.1 Å². The average Bonchev–Trinajstić information content (AvgIpc) is 3.77. The number of imidazole rings is 1. The number of carbonyl (C=O) groups is 1. The Labute approximate surface area is 268 Å². The fraction of sp³-hybridized carbons (Fsp3) is 0.257. The van der Waals surface area contributed by atoms with E-state index in [1.807, 2.05) is 10.6 Å². The minimum Gasteiger partial charge on any atom is -0.496 e. The first-order valence-corrected chi connectivity index (χ1v) is 14.7. The summed E-state index contributed by atoms with van der Waals surface area (Å²) in [6.45, 7) is 0.475. The highest BCUT2D eigenvalue weighted by Gasteiger charge is 2.43. The lowest BCUT2D eigenvalue weighted by Crippen LogP contribution is -2.15. The molecule has 0 bridgehead atoms. The van der Waals surface area contributed by atoms with Crippen LogP contribution in [0.3, 0.4) is 0 Å². The number of fused-ring (bicyclic) bond motifs is 1. The van der Waals surface area contributed by atoms with Crippen LogP contribution in [0, 0.1) is 39.7 Å². The van der Waals surface area contributed by atoms with Crippen LogP contribution in [0.15, 0.2) is 60.8 Å². The monoisotopic (exact) mass is 634 g/mol. The third-order valence-electron chi connectivity index (χ3n) is 8.32. The van der Waals surface area contributed by atoms with Crippen LogP contribution in [-0.4, -0.2) is 39.7 Å². The van der Waals surface area contributed by atoms with Crippen molar-refractivity contribution >= 4 is 17.0 Å². The van der Waals surface area contributed by atoms with Gasteiger partial charge in [0.15, 0.2) is 0 Å². The topological polar surface area (TPSA) is 136 Å². The van der Waals surface area contributed by atoms with Gasteiger partial charge in [0.1, 0.15) is 29.8 Å². The molecule has 0 unspecified atom stereocenters. The average molecular weight is 635 g/mol. The molecular weight excluding hydrogens is 606 g/mol. The Morgan fingerprint density at radius 1 is 1.00 bits per heavy atom. The summed E-state index contributed by atoms with van der Waals surface area (Å²) >= 11 is 0. The largest absolute Gasteiger partial charge is 0.496 e. The van der Waals surface area contributed by atoms with Crippen molar-refractivity contribution in [1.82, 2.24) is 19.5 Å². The third-order valence-corrected chi connectivity index (χ3v) is 8.32. The van der Waals surface area contributed by atoms with Gasteiger partial charge in [-0.1, -0.05) is 6.07 Å². The van der Waals surface area contributed by atoms with E-state index in [2.05, 4.69) is 16.0 Å². The number of rotatable bonds is 11. The zero-order valence-corrected chi connectivity index (χ0v) is 25.6. The Morgan fingerprint density at radius 3 is 2.55 bits per heavy atom. The Kier molecular flexibility index (Phi) is 8.51. The van der Waals surface area contributed by atoms with Gasteiger partial charge in [0.2, 0.25) is 0 Å². The molecule has 5 aromatic rings. The highest BCUT2D eigenvalue weighted by molar-refractivity contribution is 5.93. The second kappa shape index (κ2) is 12.9. The quantitative estimate of drug-likeness (QED) is 0.153. The Hall–Kier alpha value is -5.88. The minimum atomic E-state index is -0.696. The van der Waals surface area contributed by atoms with Crippen molar-refractivity contribution < 1.29 is 27.8 Å². The maximum Gasteiger partial charge on any atom is 0.337 e. The molecule has 0 spiro atoms. The maximum absolute atomic E-state index is 15.7. The van der Waals surface area contributed by atoms with Gasteiger partial charge in [0.25, 0.3) is 0 Å². The van der Waals surface area contributed by atoms with Crippen LogP contribution in [0.5, 0.6) is 11.8 Å². The molecule has 0 saturated heterocycles. The molecular formula is C35H28F2N6O4. The summed E-state index contributed by atoms with van der Waals surface area (Å²) in [6, 6.07) is 17.8. The van der Waals surface area contributed by atoms with Gasteiger partial charge < -0.3 is 18.8 Å². The lowest BCUT2D eigenvalue weighted by atomic mass is 10.0. The molecule has 236 valence electrons. The number of halogens is 2. The zero-order valence-electron chi connectivity index (χ0n) is 25.6. The molecule has 0 N–H and O–H groups in total. The second-order valence-corrected chi connectivity index (χ2v) is 11.4. The van der Waals surface area contributed by atoms with E-state index >= 15 is 8.78 Å². The van der Waals surface area contributed by atoms with Gasteiger partial charge in [-0.2, -0.15) is 15.5 Å². The van der Waals surface area contributed by atoms with E-state index in [1.54, 1.807) is 36.4 Å². The van der Waals surface area contributed by atoms with Crippen molar-refractivity contribution in [3.63, 3.8) is 0 Å². The summed E-state index contributed by atoms with van der Waals surface area (Å²) in [7, 11) is 2.78. The number of benzene rings is 3. The molecule has 1 saturated carbocycles. The van der Waals surface area contributed by atoms with E-state index < -0.39 is 17.6 Å². The van der Waals surface area contributed by atoms with Crippen LogP contribution in [-0.2, 0) is 24.3 Å². The van der Waals surface area contributed by atoms with Gasteiger partial charge in [-0.15, -0.1) is 0 Å². The number of ether oxygens (including phenoxy) is 3. The molecule has 0 atom stereocenters. The number of hydrogen-bond acceptors (Lipinski definition) is 9. The number of esters is 1. The molecule has 2 heterocycles. The number of aromatic nitrogens is 4. The number of hydrogen-bond donors (Lipinski definition) is 0. The first-order chi connectivity index (χ1) is 22.8. The standard InChI is InChI=1S/C35H28F2N6O4/c1-45-31-13-21(18-39)3-4-23(31)19-47-34-40-12-7-28(42-34)25-17-26(36)24(14-27(25)37)16-32-41-29-6-5-22(33(44)46-2)15-30(29)43(32)20-35(8-9-35)10-11-38/h3-7,12-15,17H,8-10,16,19-20H2,1-2H3. The van der Waals surface area contributed by atoms with Crippen LogP contribution < -0.4 is 9.47 Å². The van der Waals surface area contributed by atoms with Crippen molar-refractivity contribution in [3.8, 4) is 35.2 Å². The Morgan fingerprint density at radius 2 is 1.83 bits per heavy atom. The first kappa shape index (κ1) is 31.1. The maximum atomic E-state index is 15.7. The summed E-state index contributed by atoms with van der Waals surface area (Å²) in [4.78, 5) is 25.3. The Bertz CT molecular complexity index is 2090. The van der Waals surface area contributed by atoms with Crippen molar-refractivity contribution in [2.24, 2.45) is 5.41 Å². The number of methoxy groups -OCH3 is 2. The molecule has 1 aliphatic rings. The molecule has 2 aromatic heterocycles. The van der Waals surface area contributed by atoms with E-state index in [4.69, 9.17) is 24.5 Å². The lowest BCUT2D eigenvalue weighted by molar-refractivity contribution is 0.0601. The van der Waals surface area contributed by atoms with Crippen LogP contribution in [0.2, 0.25) is 0 Å². The number of nitrogens with zero attached hydrogens (tertiary/aromatic N) is 6. The highest BCUT2D eigenvalue weighted by atomic mass is 19.1. The molecule has 1 fully saturated rings. The number of carbonyl (C=O) groups excluding carboxylic acids is 1. The molecule has 1 aliphatic carbocycles. The summed E-state index contributed by atoms with van der Waals surface area (Å²) in [5.74, 6) is -0.919. The van der Waals surface area contributed by atoms with Crippen molar-refractivity contribution in [1.29, 1.82) is 10.5 Å². The number of nitriles is 2. The molecule has 10 nitrogen and oxygen atoms in total. The summed E-state index contributed by atoms with van der Waals surface area (Å²) in [6.07, 6.45) is 3.43. The zero-order chi connectivity index (χ0) is 33.1. The highest BCUT2D eigenvalue weighted by Crippen LogP contribution is 2.50. The van der Waals surface area contributed by atoms with Crippen LogP contribution in [0.25, 0.3) is 22.3 Å². The van der Waals surface area contributed by atoms with Gasteiger partial charge in [-0.05, 0) is 66.9 Å². The first-order valence-electron chi connectivity index (χ1n) is 14.7. The second-order valence-electron chi connectivity index (χ2n) is 11.4. The molecule has 6 rings (SSSR count). The van der Waals surface area contributed by atoms with Gasteiger partial charge in [-0.3, -0.25) is 0 Å². The summed E-state index contributed by atoms with van der Waals surface area (Å²) < 4.78 is 49.1. The predicted octanol–water partition coefficient (Wildman–Crippen LogP) is 6.30. The van der Waals surface area contributed by atoms with Crippen LogP contribution >= 0.6 is 0 Å². The van der Waals surface area contributed by atoms with Gasteiger partial charge >= 0.3 is 12.0 Å². The third kappa shape index (κ3) is 6.44. The fourth-order valence-electron chi connectivity index (χ4n) is 5.53. The lowest BCUT2D eigenvalue weighted by Gasteiger charge is -2.16. The SMILES string of the molecule is COC(=O)c1ccc2nc(Cc3cc(F)c(-c4ccnc(OCc5ccc(C#N)cc5OC)n4)cc3F)n(CC3(CC#N)CC3)c2c1. The normalized spacial score (nSPS) is 13.1. The predicted molar refractivity (Wildman–Crippen MR) is 165 cm³/mol. The summed E-state index contributed by atoms with van der Waals surface area (Å²) in [5, 5.41) is 18.5. The molecule has 12 heteroatoms. The van der Waals surface area contributed by atoms with E-state index in [1.165, 1.54) is 26.5 Å². The van der Waals surface area contributed by atoms with E-state index in [0.29, 0.717) is 52.3 Å². The van der Waals surface area contributed by atoms with Crippen molar-refractivity contribution in [2.45, 2.75) is 38.8 Å². The van der Waals surface area contributed by atoms with Crippen LogP contribution in [0.4, 0.5) is 8.78 Å². The molecule has 47 heavy (non-hydrogen) atoms. The van der Waals surface area contributed by atoms with Gasteiger partial charge in [0, 0.05) is 42.1 Å².